The quantitative estimate of drug-likeness (QED) is 0.907. The van der Waals surface area contributed by atoms with Crippen molar-refractivity contribution in [1.82, 2.24) is 5.32 Å². The summed E-state index contributed by atoms with van der Waals surface area (Å²) in [6, 6.07) is 9.18. The van der Waals surface area contributed by atoms with Crippen LogP contribution in [-0.2, 0) is 16.0 Å². The molecule has 0 aromatic heterocycles. The van der Waals surface area contributed by atoms with E-state index in [-0.39, 0.29) is 5.79 Å². The molecule has 0 radical (unpaired) electrons. The molecule has 0 unspecified atom stereocenters. The average molecular weight is 261 g/mol. The monoisotopic (exact) mass is 261 g/mol. The van der Waals surface area contributed by atoms with Crippen molar-refractivity contribution in [2.75, 3.05) is 13.2 Å². The van der Waals surface area contributed by atoms with E-state index in [1.165, 1.54) is 11.1 Å². The number of benzene rings is 1. The summed E-state index contributed by atoms with van der Waals surface area (Å²) in [5.74, 6) is -0.235. The summed E-state index contributed by atoms with van der Waals surface area (Å²) in [7, 11) is 0. The Morgan fingerprint density at radius 2 is 1.84 bits per heavy atom. The van der Waals surface area contributed by atoms with Crippen molar-refractivity contribution in [3.8, 4) is 0 Å². The van der Waals surface area contributed by atoms with Gasteiger partial charge in [-0.15, -0.1) is 0 Å². The van der Waals surface area contributed by atoms with Crippen LogP contribution in [0.2, 0.25) is 0 Å². The summed E-state index contributed by atoms with van der Waals surface area (Å²) < 4.78 is 11.5. The van der Waals surface area contributed by atoms with Crippen molar-refractivity contribution in [3.05, 3.63) is 35.4 Å². The molecule has 1 aromatic carbocycles. The van der Waals surface area contributed by atoms with Crippen LogP contribution in [0.5, 0.6) is 0 Å². The maximum atomic E-state index is 5.76. The van der Waals surface area contributed by atoms with Crippen LogP contribution in [0.3, 0.4) is 0 Å². The summed E-state index contributed by atoms with van der Waals surface area (Å²) in [5.41, 5.74) is 2.76. The smallest absolute Gasteiger partial charge is 0.168 e. The van der Waals surface area contributed by atoms with E-state index in [1.807, 2.05) is 0 Å². The first-order valence-corrected chi connectivity index (χ1v) is 7.33. The zero-order chi connectivity index (χ0) is 13.1. The van der Waals surface area contributed by atoms with Crippen LogP contribution in [0.25, 0.3) is 0 Å². The van der Waals surface area contributed by atoms with Crippen LogP contribution in [0.1, 0.15) is 36.8 Å². The highest BCUT2D eigenvalue weighted by Crippen LogP contribution is 2.35. The zero-order valence-electron chi connectivity index (χ0n) is 11.7. The van der Waals surface area contributed by atoms with Crippen LogP contribution < -0.4 is 5.32 Å². The first-order valence-electron chi connectivity index (χ1n) is 7.33. The van der Waals surface area contributed by atoms with Gasteiger partial charge in [-0.2, -0.15) is 0 Å². The van der Waals surface area contributed by atoms with Crippen molar-refractivity contribution < 1.29 is 9.47 Å². The minimum atomic E-state index is -0.235. The number of ether oxygens (including phenoxy) is 2. The molecule has 1 aliphatic carbocycles. The Morgan fingerprint density at radius 1 is 1.16 bits per heavy atom. The second-order valence-corrected chi connectivity index (χ2v) is 5.69. The zero-order valence-corrected chi connectivity index (χ0v) is 11.7. The molecule has 0 amide bonds. The van der Waals surface area contributed by atoms with Gasteiger partial charge < -0.3 is 14.8 Å². The fraction of sp³-hybridized carbons (Fsp3) is 0.625. The summed E-state index contributed by atoms with van der Waals surface area (Å²) in [4.78, 5) is 0. The van der Waals surface area contributed by atoms with Crippen LogP contribution in [0, 0.1) is 6.92 Å². The second kappa shape index (κ2) is 5.61. The van der Waals surface area contributed by atoms with Crippen molar-refractivity contribution in [3.63, 3.8) is 0 Å². The molecule has 3 heteroatoms. The summed E-state index contributed by atoms with van der Waals surface area (Å²) in [6.07, 6.45) is 4.34. The number of hydrogen-bond acceptors (Lipinski definition) is 3. The van der Waals surface area contributed by atoms with Gasteiger partial charge in [-0.3, -0.25) is 0 Å². The average Bonchev–Trinajstić information content (AvgIpc) is 2.88. The Labute approximate surface area is 115 Å². The molecule has 1 saturated heterocycles. The molecule has 19 heavy (non-hydrogen) atoms. The van der Waals surface area contributed by atoms with Crippen molar-refractivity contribution in [1.29, 1.82) is 0 Å². The van der Waals surface area contributed by atoms with Gasteiger partial charge in [-0.1, -0.05) is 24.3 Å². The molecule has 1 aliphatic heterocycles. The van der Waals surface area contributed by atoms with Gasteiger partial charge in [0.15, 0.2) is 5.79 Å². The Balaban J connectivity index is 1.49. The van der Waals surface area contributed by atoms with Gasteiger partial charge in [-0.05, 0) is 30.9 Å². The third-order valence-corrected chi connectivity index (χ3v) is 4.40. The van der Waals surface area contributed by atoms with Gasteiger partial charge in [0.05, 0.1) is 13.2 Å². The molecular formula is C16H23NO2. The van der Waals surface area contributed by atoms with Gasteiger partial charge in [0.25, 0.3) is 0 Å². The molecule has 0 bridgehead atoms. The fourth-order valence-corrected chi connectivity index (χ4v) is 3.11. The van der Waals surface area contributed by atoms with Crippen LogP contribution in [0.4, 0.5) is 0 Å². The molecule has 1 spiro atoms. The molecule has 3 rings (SSSR count). The van der Waals surface area contributed by atoms with Crippen molar-refractivity contribution in [2.24, 2.45) is 0 Å². The number of nitrogens with one attached hydrogen (secondary N) is 1. The van der Waals surface area contributed by atoms with Crippen LogP contribution in [0.15, 0.2) is 24.3 Å². The Kier molecular flexibility index (Phi) is 3.87. The lowest BCUT2D eigenvalue weighted by molar-refractivity contribution is -0.179. The standard InChI is InChI=1S/C16H23NO2/c1-13-4-2-3-5-14(13)12-17-15-6-8-16(9-7-15)18-10-11-19-16/h2-5,15,17H,6-12H2,1H3. The molecule has 1 aromatic rings. The highest BCUT2D eigenvalue weighted by Gasteiger charge is 2.40. The molecule has 1 heterocycles. The van der Waals surface area contributed by atoms with Gasteiger partial charge in [-0.25, -0.2) is 0 Å². The second-order valence-electron chi connectivity index (χ2n) is 5.69. The summed E-state index contributed by atoms with van der Waals surface area (Å²) >= 11 is 0. The van der Waals surface area contributed by atoms with E-state index < -0.39 is 0 Å². The van der Waals surface area contributed by atoms with E-state index >= 15 is 0 Å². The molecule has 1 N–H and O–H groups in total. The summed E-state index contributed by atoms with van der Waals surface area (Å²) in [6.45, 7) is 4.67. The predicted octanol–water partition coefficient (Wildman–Crippen LogP) is 2.77. The Morgan fingerprint density at radius 3 is 2.53 bits per heavy atom. The minimum absolute atomic E-state index is 0.235. The van der Waals surface area contributed by atoms with Gasteiger partial charge in [0.2, 0.25) is 0 Å². The first kappa shape index (κ1) is 13.1. The van der Waals surface area contributed by atoms with Gasteiger partial charge in [0.1, 0.15) is 0 Å². The largest absolute Gasteiger partial charge is 0.348 e. The van der Waals surface area contributed by atoms with E-state index in [0.717, 1.165) is 45.4 Å². The fourth-order valence-electron chi connectivity index (χ4n) is 3.11. The molecule has 2 aliphatic rings. The minimum Gasteiger partial charge on any atom is -0.348 e. The highest BCUT2D eigenvalue weighted by atomic mass is 16.7. The third-order valence-electron chi connectivity index (χ3n) is 4.40. The Bertz CT molecular complexity index is 417. The van der Waals surface area contributed by atoms with E-state index in [2.05, 4.69) is 36.5 Å². The SMILES string of the molecule is Cc1ccccc1CNC1CCC2(CC1)OCCO2. The van der Waals surface area contributed by atoms with Crippen molar-refractivity contribution >= 4 is 0 Å². The lowest BCUT2D eigenvalue weighted by atomic mass is 9.90. The van der Waals surface area contributed by atoms with Crippen LogP contribution in [-0.4, -0.2) is 25.0 Å². The maximum absolute atomic E-state index is 5.76. The van der Waals surface area contributed by atoms with E-state index in [1.54, 1.807) is 0 Å². The number of hydrogen-bond donors (Lipinski definition) is 1. The van der Waals surface area contributed by atoms with Gasteiger partial charge in [0, 0.05) is 25.4 Å². The summed E-state index contributed by atoms with van der Waals surface area (Å²) in [5, 5.41) is 3.67. The van der Waals surface area contributed by atoms with E-state index in [0.29, 0.717) is 6.04 Å². The normalized spacial score (nSPS) is 23.0. The molecule has 104 valence electrons. The first-order chi connectivity index (χ1) is 9.27. The lowest BCUT2D eigenvalue weighted by Crippen LogP contribution is -2.41. The highest BCUT2D eigenvalue weighted by molar-refractivity contribution is 5.25. The number of rotatable bonds is 3. The Hall–Kier alpha value is -0.900. The number of aryl methyl sites for hydroxylation is 1. The van der Waals surface area contributed by atoms with Gasteiger partial charge >= 0.3 is 0 Å². The lowest BCUT2D eigenvalue weighted by Gasteiger charge is -2.35. The van der Waals surface area contributed by atoms with E-state index in [9.17, 15) is 0 Å². The molecule has 1 saturated carbocycles. The molecule has 3 nitrogen and oxygen atoms in total. The maximum Gasteiger partial charge on any atom is 0.168 e. The van der Waals surface area contributed by atoms with E-state index in [4.69, 9.17) is 9.47 Å². The molecular weight excluding hydrogens is 238 g/mol. The molecule has 0 atom stereocenters. The van der Waals surface area contributed by atoms with Crippen molar-refractivity contribution in [2.45, 2.75) is 51.0 Å². The van der Waals surface area contributed by atoms with Crippen LogP contribution >= 0.6 is 0 Å². The predicted molar refractivity (Wildman–Crippen MR) is 74.9 cm³/mol. The third kappa shape index (κ3) is 2.99. The topological polar surface area (TPSA) is 30.5 Å². The molecule has 2 fully saturated rings.